The minimum absolute atomic E-state index is 0.209. The topological polar surface area (TPSA) is 52.3 Å². The van der Waals surface area contributed by atoms with E-state index in [0.29, 0.717) is 4.34 Å². The lowest BCUT2D eigenvalue weighted by Crippen LogP contribution is -2.30. The van der Waals surface area contributed by atoms with Crippen LogP contribution in [0.2, 0.25) is 4.34 Å². The van der Waals surface area contributed by atoms with E-state index in [1.165, 1.54) is 18.4 Å². The fourth-order valence-corrected chi connectivity index (χ4v) is 2.93. The molecule has 0 spiro atoms. The van der Waals surface area contributed by atoms with Gasteiger partial charge in [-0.2, -0.15) is 0 Å². The zero-order valence-corrected chi connectivity index (χ0v) is 9.90. The van der Waals surface area contributed by atoms with Crippen LogP contribution in [0.3, 0.4) is 0 Å². The van der Waals surface area contributed by atoms with Gasteiger partial charge in [-0.3, -0.25) is 4.79 Å². The highest BCUT2D eigenvalue weighted by molar-refractivity contribution is 7.16. The predicted molar refractivity (Wildman–Crippen MR) is 59.9 cm³/mol. The lowest BCUT2D eigenvalue weighted by atomic mass is 9.96. The standard InChI is InChI=1S/C10H12ClNO2S/c1-14-9(13)10(4-5-10)8(12)6-2-3-7(11)15-6/h2-3,8H,4-5,12H2,1H3. The predicted octanol–water partition coefficient (Wildman–Crippen LogP) is 2.35. The van der Waals surface area contributed by atoms with Crippen LogP contribution in [-0.4, -0.2) is 13.1 Å². The molecule has 82 valence electrons. The maximum Gasteiger partial charge on any atom is 0.313 e. The van der Waals surface area contributed by atoms with Gasteiger partial charge in [0.15, 0.2) is 0 Å². The molecule has 0 saturated heterocycles. The van der Waals surface area contributed by atoms with Gasteiger partial charge >= 0.3 is 5.97 Å². The molecule has 1 aliphatic carbocycles. The van der Waals surface area contributed by atoms with Crippen LogP contribution < -0.4 is 5.73 Å². The summed E-state index contributed by atoms with van der Waals surface area (Å²) in [6.45, 7) is 0. The molecule has 0 aliphatic heterocycles. The highest BCUT2D eigenvalue weighted by Crippen LogP contribution is 2.55. The van der Waals surface area contributed by atoms with Crippen LogP contribution in [0, 0.1) is 5.41 Å². The lowest BCUT2D eigenvalue weighted by molar-refractivity contribution is -0.148. The molecule has 0 amide bonds. The number of carbonyl (C=O) groups excluding carboxylic acids is 1. The third-order valence-electron chi connectivity index (χ3n) is 2.88. The number of carbonyl (C=O) groups is 1. The number of hydrogen-bond acceptors (Lipinski definition) is 4. The Bertz CT molecular complexity index is 387. The first-order chi connectivity index (χ1) is 7.10. The molecule has 1 aromatic heterocycles. The number of nitrogens with two attached hydrogens (primary N) is 1. The monoisotopic (exact) mass is 245 g/mol. The normalized spacial score (nSPS) is 19.7. The summed E-state index contributed by atoms with van der Waals surface area (Å²) < 4.78 is 5.48. The van der Waals surface area contributed by atoms with Gasteiger partial charge in [-0.1, -0.05) is 11.6 Å². The van der Waals surface area contributed by atoms with Crippen LogP contribution in [0.4, 0.5) is 0 Å². The van der Waals surface area contributed by atoms with E-state index in [4.69, 9.17) is 22.1 Å². The van der Waals surface area contributed by atoms with Crippen molar-refractivity contribution in [2.45, 2.75) is 18.9 Å². The number of methoxy groups -OCH3 is 1. The zero-order chi connectivity index (χ0) is 11.1. The van der Waals surface area contributed by atoms with E-state index < -0.39 is 5.41 Å². The van der Waals surface area contributed by atoms with Crippen LogP contribution >= 0.6 is 22.9 Å². The lowest BCUT2D eigenvalue weighted by Gasteiger charge is -2.19. The molecule has 1 fully saturated rings. The van der Waals surface area contributed by atoms with E-state index >= 15 is 0 Å². The minimum Gasteiger partial charge on any atom is -0.469 e. The quantitative estimate of drug-likeness (QED) is 0.832. The molecule has 1 aliphatic rings. The Labute approximate surface area is 97.2 Å². The van der Waals surface area contributed by atoms with Gasteiger partial charge in [0.1, 0.15) is 0 Å². The Balaban J connectivity index is 2.21. The van der Waals surface area contributed by atoms with Crippen LogP contribution in [0.1, 0.15) is 23.8 Å². The van der Waals surface area contributed by atoms with E-state index in [9.17, 15) is 4.79 Å². The summed E-state index contributed by atoms with van der Waals surface area (Å²) in [6.07, 6.45) is 1.60. The van der Waals surface area contributed by atoms with Gasteiger partial charge in [-0.05, 0) is 25.0 Å². The number of ether oxygens (including phenoxy) is 1. The van der Waals surface area contributed by atoms with Crippen LogP contribution in [0.25, 0.3) is 0 Å². The zero-order valence-electron chi connectivity index (χ0n) is 8.33. The van der Waals surface area contributed by atoms with Gasteiger partial charge < -0.3 is 10.5 Å². The molecule has 1 unspecified atom stereocenters. The number of halogens is 1. The number of rotatable bonds is 3. The molecule has 15 heavy (non-hydrogen) atoms. The third-order valence-corrected chi connectivity index (χ3v) is 4.19. The number of hydrogen-bond donors (Lipinski definition) is 1. The molecule has 1 heterocycles. The fraction of sp³-hybridized carbons (Fsp3) is 0.500. The van der Waals surface area contributed by atoms with Crippen molar-refractivity contribution in [2.75, 3.05) is 7.11 Å². The van der Waals surface area contributed by atoms with Gasteiger partial charge in [0.2, 0.25) is 0 Å². The second-order valence-corrected chi connectivity index (χ2v) is 5.51. The first-order valence-corrected chi connectivity index (χ1v) is 5.89. The average molecular weight is 246 g/mol. The Morgan fingerprint density at radius 1 is 1.67 bits per heavy atom. The molecule has 2 rings (SSSR count). The van der Waals surface area contributed by atoms with Crippen molar-refractivity contribution in [1.82, 2.24) is 0 Å². The van der Waals surface area contributed by atoms with Crippen molar-refractivity contribution in [3.8, 4) is 0 Å². The summed E-state index contributed by atoms with van der Waals surface area (Å²) in [5.41, 5.74) is 5.58. The van der Waals surface area contributed by atoms with Crippen molar-refractivity contribution in [3.63, 3.8) is 0 Å². The van der Waals surface area contributed by atoms with Gasteiger partial charge in [0.05, 0.1) is 22.9 Å². The molecule has 2 N–H and O–H groups in total. The molecule has 1 aromatic rings. The molecular formula is C10H12ClNO2S. The van der Waals surface area contributed by atoms with E-state index in [-0.39, 0.29) is 12.0 Å². The first-order valence-electron chi connectivity index (χ1n) is 4.69. The van der Waals surface area contributed by atoms with Crippen molar-refractivity contribution in [1.29, 1.82) is 0 Å². The van der Waals surface area contributed by atoms with Crippen molar-refractivity contribution >= 4 is 28.9 Å². The molecule has 0 radical (unpaired) electrons. The average Bonchev–Trinajstić information content (AvgIpc) is 2.94. The summed E-state index contributed by atoms with van der Waals surface area (Å²) in [4.78, 5) is 12.5. The molecule has 5 heteroatoms. The molecular weight excluding hydrogens is 234 g/mol. The van der Waals surface area contributed by atoms with Crippen LogP contribution in [0.5, 0.6) is 0 Å². The van der Waals surface area contributed by atoms with Crippen molar-refractivity contribution in [3.05, 3.63) is 21.3 Å². The van der Waals surface area contributed by atoms with Gasteiger partial charge in [-0.15, -0.1) is 11.3 Å². The van der Waals surface area contributed by atoms with Crippen LogP contribution in [0.15, 0.2) is 12.1 Å². The maximum atomic E-state index is 11.6. The van der Waals surface area contributed by atoms with E-state index in [0.717, 1.165) is 17.7 Å². The fourth-order valence-electron chi connectivity index (χ4n) is 1.75. The third kappa shape index (κ3) is 1.77. The smallest absolute Gasteiger partial charge is 0.313 e. The SMILES string of the molecule is COC(=O)C1(C(N)c2ccc(Cl)s2)CC1. The Morgan fingerprint density at radius 3 is 2.73 bits per heavy atom. The molecule has 0 aromatic carbocycles. The van der Waals surface area contributed by atoms with Crippen molar-refractivity contribution < 1.29 is 9.53 Å². The summed E-state index contributed by atoms with van der Waals surface area (Å²) in [5, 5.41) is 0. The largest absolute Gasteiger partial charge is 0.469 e. The summed E-state index contributed by atoms with van der Waals surface area (Å²) in [7, 11) is 1.40. The summed E-state index contributed by atoms with van der Waals surface area (Å²) in [5.74, 6) is -0.209. The Kier molecular flexibility index (Phi) is 2.75. The number of esters is 1. The minimum atomic E-state index is -0.497. The highest BCUT2D eigenvalue weighted by atomic mass is 35.5. The van der Waals surface area contributed by atoms with Gasteiger partial charge in [0.25, 0.3) is 0 Å². The number of thiophene rings is 1. The summed E-state index contributed by atoms with van der Waals surface area (Å²) in [6, 6.07) is 3.39. The Hall–Kier alpha value is -0.580. The second-order valence-electron chi connectivity index (χ2n) is 3.77. The molecule has 1 saturated carbocycles. The molecule has 0 bridgehead atoms. The van der Waals surface area contributed by atoms with Gasteiger partial charge in [0, 0.05) is 4.88 Å². The van der Waals surface area contributed by atoms with E-state index in [2.05, 4.69) is 0 Å². The van der Waals surface area contributed by atoms with Crippen molar-refractivity contribution in [2.24, 2.45) is 11.1 Å². The van der Waals surface area contributed by atoms with Crippen LogP contribution in [-0.2, 0) is 9.53 Å². The Morgan fingerprint density at radius 2 is 2.33 bits per heavy atom. The molecule has 1 atom stereocenters. The second kappa shape index (κ2) is 3.77. The van der Waals surface area contributed by atoms with Gasteiger partial charge in [-0.25, -0.2) is 0 Å². The maximum absolute atomic E-state index is 11.6. The van der Waals surface area contributed by atoms with E-state index in [1.807, 2.05) is 6.07 Å². The summed E-state index contributed by atoms with van der Waals surface area (Å²) >= 11 is 7.26. The van der Waals surface area contributed by atoms with E-state index in [1.54, 1.807) is 6.07 Å². The highest BCUT2D eigenvalue weighted by Gasteiger charge is 2.56. The first kappa shape index (κ1) is 10.9. The molecule has 3 nitrogen and oxygen atoms in total.